The Morgan fingerprint density at radius 1 is 0.935 bits per heavy atom. The summed E-state index contributed by atoms with van der Waals surface area (Å²) in [5, 5.41) is 0. The molecule has 31 heavy (non-hydrogen) atoms. The molecule has 1 aliphatic carbocycles. The van der Waals surface area contributed by atoms with E-state index >= 15 is 0 Å². The number of ether oxygens (including phenoxy) is 1. The highest BCUT2D eigenvalue weighted by Gasteiger charge is 2.35. The van der Waals surface area contributed by atoms with Crippen LogP contribution in [0, 0.1) is 6.92 Å². The van der Waals surface area contributed by atoms with Gasteiger partial charge in [0.15, 0.2) is 0 Å². The van der Waals surface area contributed by atoms with Crippen molar-refractivity contribution in [1.82, 2.24) is 9.80 Å². The third-order valence-corrected chi connectivity index (χ3v) is 6.51. The van der Waals surface area contributed by atoms with Crippen LogP contribution in [0.4, 0.5) is 0 Å². The Balaban J connectivity index is 1.68. The number of amides is 2. The van der Waals surface area contributed by atoms with Crippen LogP contribution in [0.2, 0.25) is 0 Å². The molecule has 1 aliphatic heterocycles. The van der Waals surface area contributed by atoms with E-state index in [0.29, 0.717) is 24.4 Å². The van der Waals surface area contributed by atoms with Crippen LogP contribution in [-0.2, 0) is 0 Å². The number of carbonyl (C=O) groups is 2. The minimum absolute atomic E-state index is 0.00359. The van der Waals surface area contributed by atoms with E-state index in [0.717, 1.165) is 49.7 Å². The first-order chi connectivity index (χ1) is 15.0. The summed E-state index contributed by atoms with van der Waals surface area (Å²) in [6.07, 6.45) is 5.59. The van der Waals surface area contributed by atoms with Crippen LogP contribution in [0.5, 0.6) is 5.75 Å². The zero-order valence-electron chi connectivity index (χ0n) is 18.5. The molecule has 2 aromatic carbocycles. The second-order valence-corrected chi connectivity index (χ2v) is 8.80. The number of nitrogens with zero attached hydrogens (tertiary/aromatic N) is 2. The van der Waals surface area contributed by atoms with Crippen LogP contribution >= 0.6 is 0 Å². The van der Waals surface area contributed by atoms with E-state index in [9.17, 15) is 9.59 Å². The van der Waals surface area contributed by atoms with Crippen LogP contribution in [0.15, 0.2) is 48.5 Å². The van der Waals surface area contributed by atoms with Gasteiger partial charge in [0.2, 0.25) is 0 Å². The number of fused-ring (bicyclic) bond motifs is 2. The van der Waals surface area contributed by atoms with Gasteiger partial charge in [0, 0.05) is 25.7 Å². The predicted molar refractivity (Wildman–Crippen MR) is 122 cm³/mol. The lowest BCUT2D eigenvalue weighted by Gasteiger charge is -2.40. The Morgan fingerprint density at radius 3 is 2.45 bits per heavy atom. The third kappa shape index (κ3) is 4.76. The molecule has 1 saturated carbocycles. The number of hydrogen-bond donors (Lipinski definition) is 0. The summed E-state index contributed by atoms with van der Waals surface area (Å²) in [5.74, 6) is 0.700. The minimum Gasteiger partial charge on any atom is -0.487 e. The molecule has 0 N–H and O–H groups in total. The molecule has 0 bridgehead atoms. The van der Waals surface area contributed by atoms with E-state index in [1.165, 1.54) is 0 Å². The van der Waals surface area contributed by atoms with E-state index in [-0.39, 0.29) is 24.0 Å². The highest BCUT2D eigenvalue weighted by Crippen LogP contribution is 2.31. The van der Waals surface area contributed by atoms with Crippen molar-refractivity contribution in [2.75, 3.05) is 20.1 Å². The van der Waals surface area contributed by atoms with Crippen molar-refractivity contribution in [3.63, 3.8) is 0 Å². The number of aryl methyl sites for hydroxylation is 1. The standard InChI is InChI=1S/C26H32N2O3/c1-19-13-15-20(16-14-19)25(29)28-18-8-7-17-27(2)26(30)21-9-3-5-11-23(21)31-24-12-6-4-10-22(24)28/h3,5,9,11,13-16,22,24H,4,6-8,10,12,17-18H2,1-2H3/t22-,24+/m1/s1. The average Bonchev–Trinajstić information content (AvgIpc) is 2.79. The van der Waals surface area contributed by atoms with Gasteiger partial charge in [0.05, 0.1) is 11.6 Å². The van der Waals surface area contributed by atoms with Crippen LogP contribution in [-0.4, -0.2) is 53.9 Å². The van der Waals surface area contributed by atoms with Gasteiger partial charge in [-0.05, 0) is 63.3 Å². The van der Waals surface area contributed by atoms with Gasteiger partial charge in [-0.25, -0.2) is 0 Å². The lowest BCUT2D eigenvalue weighted by atomic mass is 9.90. The van der Waals surface area contributed by atoms with Crippen LogP contribution in [0.1, 0.15) is 64.8 Å². The van der Waals surface area contributed by atoms with Crippen molar-refractivity contribution in [2.45, 2.75) is 57.6 Å². The number of para-hydroxylation sites is 1. The normalized spacial score (nSPS) is 22.5. The number of benzene rings is 2. The molecular formula is C26H32N2O3. The fourth-order valence-corrected chi connectivity index (χ4v) is 4.70. The number of hydrogen-bond acceptors (Lipinski definition) is 3. The maximum atomic E-state index is 13.6. The van der Waals surface area contributed by atoms with Gasteiger partial charge >= 0.3 is 0 Å². The first-order valence-electron chi connectivity index (χ1n) is 11.4. The van der Waals surface area contributed by atoms with Crippen LogP contribution < -0.4 is 4.74 Å². The Hall–Kier alpha value is -2.82. The van der Waals surface area contributed by atoms with Gasteiger partial charge in [-0.2, -0.15) is 0 Å². The fraction of sp³-hybridized carbons (Fsp3) is 0.462. The van der Waals surface area contributed by atoms with Crippen molar-refractivity contribution < 1.29 is 14.3 Å². The van der Waals surface area contributed by atoms with Gasteiger partial charge in [-0.3, -0.25) is 9.59 Å². The quantitative estimate of drug-likeness (QED) is 0.672. The fourth-order valence-electron chi connectivity index (χ4n) is 4.70. The van der Waals surface area contributed by atoms with Gasteiger partial charge in [0.1, 0.15) is 11.9 Å². The maximum absolute atomic E-state index is 13.6. The molecule has 0 aromatic heterocycles. The summed E-state index contributed by atoms with van der Waals surface area (Å²) in [4.78, 5) is 30.3. The van der Waals surface area contributed by atoms with E-state index in [1.54, 1.807) is 4.90 Å². The highest BCUT2D eigenvalue weighted by atomic mass is 16.5. The van der Waals surface area contributed by atoms with Crippen LogP contribution in [0.25, 0.3) is 0 Å². The summed E-state index contributed by atoms with van der Waals surface area (Å²) < 4.78 is 6.49. The third-order valence-electron chi connectivity index (χ3n) is 6.51. The Bertz CT molecular complexity index is 925. The number of rotatable bonds is 1. The molecule has 1 heterocycles. The molecule has 5 heteroatoms. The first-order valence-corrected chi connectivity index (χ1v) is 11.4. The zero-order valence-corrected chi connectivity index (χ0v) is 18.5. The first kappa shape index (κ1) is 21.4. The predicted octanol–water partition coefficient (Wildman–Crippen LogP) is 4.69. The van der Waals surface area contributed by atoms with Crippen molar-refractivity contribution in [3.05, 3.63) is 65.2 Å². The van der Waals surface area contributed by atoms with E-state index in [2.05, 4.69) is 0 Å². The molecule has 2 amide bonds. The summed E-state index contributed by atoms with van der Waals surface area (Å²) in [6, 6.07) is 15.4. The molecule has 2 aromatic rings. The SMILES string of the molecule is Cc1ccc(C(=O)N2CCCCN(C)C(=O)c3ccccc3O[C@H]3CCCC[C@H]32)cc1. The van der Waals surface area contributed by atoms with Gasteiger partial charge in [-0.1, -0.05) is 36.2 Å². The lowest BCUT2D eigenvalue weighted by molar-refractivity contribution is 0.0261. The minimum atomic E-state index is -0.109. The molecule has 1 fully saturated rings. The molecule has 4 rings (SSSR count). The molecule has 0 unspecified atom stereocenters. The second-order valence-electron chi connectivity index (χ2n) is 8.80. The van der Waals surface area contributed by atoms with Gasteiger partial charge < -0.3 is 14.5 Å². The van der Waals surface area contributed by atoms with E-state index in [1.807, 2.05) is 67.4 Å². The smallest absolute Gasteiger partial charge is 0.257 e. The molecule has 164 valence electrons. The van der Waals surface area contributed by atoms with Crippen molar-refractivity contribution in [1.29, 1.82) is 0 Å². The van der Waals surface area contributed by atoms with Crippen molar-refractivity contribution in [3.8, 4) is 5.75 Å². The molecule has 0 saturated heterocycles. The highest BCUT2D eigenvalue weighted by molar-refractivity contribution is 5.97. The summed E-state index contributed by atoms with van der Waals surface area (Å²) in [5.41, 5.74) is 2.48. The Labute approximate surface area is 185 Å². The van der Waals surface area contributed by atoms with Crippen molar-refractivity contribution >= 4 is 11.8 Å². The van der Waals surface area contributed by atoms with Crippen molar-refractivity contribution in [2.24, 2.45) is 0 Å². The lowest BCUT2D eigenvalue weighted by Crippen LogP contribution is -2.51. The average molecular weight is 421 g/mol. The monoisotopic (exact) mass is 420 g/mol. The Kier molecular flexibility index (Phi) is 6.59. The summed E-state index contributed by atoms with van der Waals surface area (Å²) in [7, 11) is 1.84. The second kappa shape index (κ2) is 9.54. The van der Waals surface area contributed by atoms with E-state index < -0.39 is 0 Å². The summed E-state index contributed by atoms with van der Waals surface area (Å²) >= 11 is 0. The summed E-state index contributed by atoms with van der Waals surface area (Å²) in [6.45, 7) is 3.37. The zero-order chi connectivity index (χ0) is 21.8. The maximum Gasteiger partial charge on any atom is 0.257 e. The molecule has 2 atom stereocenters. The molecular weight excluding hydrogens is 388 g/mol. The van der Waals surface area contributed by atoms with E-state index in [4.69, 9.17) is 4.74 Å². The molecule has 0 spiro atoms. The topological polar surface area (TPSA) is 49.9 Å². The van der Waals surface area contributed by atoms with Gasteiger partial charge in [-0.15, -0.1) is 0 Å². The molecule has 5 nitrogen and oxygen atoms in total. The van der Waals surface area contributed by atoms with Gasteiger partial charge in [0.25, 0.3) is 11.8 Å². The largest absolute Gasteiger partial charge is 0.487 e. The van der Waals surface area contributed by atoms with Crippen LogP contribution in [0.3, 0.4) is 0 Å². The number of carbonyl (C=O) groups excluding carboxylic acids is 2. The molecule has 2 aliphatic rings. The Morgan fingerprint density at radius 2 is 1.65 bits per heavy atom. The molecule has 0 radical (unpaired) electrons.